The van der Waals surface area contributed by atoms with Crippen molar-refractivity contribution in [3.63, 3.8) is 0 Å². The van der Waals surface area contributed by atoms with Crippen LogP contribution in [0, 0.1) is 10.1 Å². The molecule has 0 aliphatic heterocycles. The third kappa shape index (κ3) is 2.36. The van der Waals surface area contributed by atoms with Crippen molar-refractivity contribution in [3.05, 3.63) is 21.7 Å². The summed E-state index contributed by atoms with van der Waals surface area (Å²) in [4.78, 5) is 15.9. The number of rotatable bonds is 4. The lowest BCUT2D eigenvalue weighted by Crippen LogP contribution is -2.35. The number of nitro groups is 1. The molecule has 1 saturated carbocycles. The zero-order valence-corrected chi connectivity index (χ0v) is 12.0. The molecule has 1 aliphatic carbocycles. The number of imidazole rings is 1. The van der Waals surface area contributed by atoms with Gasteiger partial charge in [0.05, 0.1) is 0 Å². The van der Waals surface area contributed by atoms with Crippen molar-refractivity contribution < 1.29 is 4.92 Å². The molecule has 0 radical (unpaired) electrons. The third-order valence-corrected chi connectivity index (χ3v) is 4.64. The molecule has 0 unspecified atom stereocenters. The van der Waals surface area contributed by atoms with Crippen LogP contribution in [0.25, 0.3) is 4.96 Å². The van der Waals surface area contributed by atoms with Crippen molar-refractivity contribution in [1.29, 1.82) is 0 Å². The predicted octanol–water partition coefficient (Wildman–Crippen LogP) is 2.25. The molecule has 0 bridgehead atoms. The Bertz CT molecular complexity index is 614. The normalized spacial score (nSPS) is 23.1. The van der Waals surface area contributed by atoms with Crippen LogP contribution in [0.2, 0.25) is 0 Å². The first kappa shape index (κ1) is 13.3. The van der Waals surface area contributed by atoms with Crippen LogP contribution in [0.3, 0.4) is 0 Å². The van der Waals surface area contributed by atoms with Gasteiger partial charge in [0.1, 0.15) is 6.20 Å². The van der Waals surface area contributed by atoms with Crippen LogP contribution in [-0.4, -0.2) is 33.4 Å². The van der Waals surface area contributed by atoms with Crippen LogP contribution in [-0.2, 0) is 0 Å². The van der Waals surface area contributed by atoms with Gasteiger partial charge in [-0.2, -0.15) is 9.38 Å². The zero-order valence-electron chi connectivity index (χ0n) is 11.2. The van der Waals surface area contributed by atoms with E-state index in [1.165, 1.54) is 15.7 Å². The van der Waals surface area contributed by atoms with E-state index in [0.29, 0.717) is 16.8 Å². The first-order valence-corrected chi connectivity index (χ1v) is 7.60. The van der Waals surface area contributed by atoms with Crippen molar-refractivity contribution in [2.24, 2.45) is 0 Å². The molecule has 0 spiro atoms. The Morgan fingerprint density at radius 3 is 2.75 bits per heavy atom. The molecule has 8 heteroatoms. The van der Waals surface area contributed by atoms with Gasteiger partial charge in [-0.3, -0.25) is 0 Å². The summed E-state index contributed by atoms with van der Waals surface area (Å²) in [5.74, 6) is 0.437. The summed E-state index contributed by atoms with van der Waals surface area (Å²) < 4.78 is 1.53. The molecule has 2 aromatic rings. The van der Waals surface area contributed by atoms with E-state index in [1.807, 2.05) is 7.05 Å². The van der Waals surface area contributed by atoms with Crippen molar-refractivity contribution in [2.75, 3.05) is 12.4 Å². The van der Waals surface area contributed by atoms with E-state index in [1.54, 1.807) is 11.6 Å². The summed E-state index contributed by atoms with van der Waals surface area (Å²) >= 11 is 1.40. The monoisotopic (exact) mass is 295 g/mol. The minimum atomic E-state index is -0.367. The first-order valence-electron chi connectivity index (χ1n) is 6.72. The van der Waals surface area contributed by atoms with Gasteiger partial charge in [-0.05, 0) is 37.7 Å². The molecule has 0 amide bonds. The second kappa shape index (κ2) is 5.37. The summed E-state index contributed by atoms with van der Waals surface area (Å²) in [6, 6.07) is 0.830. The van der Waals surface area contributed by atoms with Gasteiger partial charge < -0.3 is 20.7 Å². The van der Waals surface area contributed by atoms with Gasteiger partial charge in [-0.1, -0.05) is 11.3 Å². The topological polar surface area (TPSA) is 84.5 Å². The lowest BCUT2D eigenvalue weighted by atomic mass is 9.91. The lowest BCUT2D eigenvalue weighted by Gasteiger charge is -2.28. The Hall–Kier alpha value is -1.67. The number of hydrogen-bond donors (Lipinski definition) is 2. The van der Waals surface area contributed by atoms with E-state index in [9.17, 15) is 10.1 Å². The Labute approximate surface area is 120 Å². The van der Waals surface area contributed by atoms with Crippen LogP contribution in [0.4, 0.5) is 11.6 Å². The molecular formula is C12H17N5O2S. The average Bonchev–Trinajstić information content (AvgIpc) is 2.99. The van der Waals surface area contributed by atoms with Crippen LogP contribution in [0.1, 0.15) is 25.7 Å². The highest BCUT2D eigenvalue weighted by atomic mass is 32.1. The molecule has 3 rings (SSSR count). The number of aromatic nitrogens is 2. The lowest BCUT2D eigenvalue weighted by molar-refractivity contribution is -0.389. The number of anilines is 1. The second-order valence-electron chi connectivity index (χ2n) is 5.08. The quantitative estimate of drug-likeness (QED) is 0.667. The zero-order chi connectivity index (χ0) is 14.1. The standard InChI is InChI=1S/C12H17N5O2S/c1-13-8-2-4-9(5-3-8)14-10-11(17(18)19)16-6-7-20-12(16)15-10/h6-9,13-14H,2-5H2,1H3. The van der Waals surface area contributed by atoms with Crippen molar-refractivity contribution in [1.82, 2.24) is 14.7 Å². The van der Waals surface area contributed by atoms with Crippen LogP contribution in [0.15, 0.2) is 11.6 Å². The Kier molecular flexibility index (Phi) is 3.58. The summed E-state index contributed by atoms with van der Waals surface area (Å²) in [6.45, 7) is 0. The maximum atomic E-state index is 11.2. The Morgan fingerprint density at radius 2 is 2.10 bits per heavy atom. The fourth-order valence-corrected chi connectivity index (χ4v) is 3.47. The Morgan fingerprint density at radius 1 is 1.40 bits per heavy atom. The van der Waals surface area contributed by atoms with Crippen LogP contribution < -0.4 is 10.6 Å². The van der Waals surface area contributed by atoms with E-state index >= 15 is 0 Å². The molecule has 1 fully saturated rings. The molecule has 1 aliphatic rings. The third-order valence-electron chi connectivity index (χ3n) is 3.89. The molecule has 2 heterocycles. The fourth-order valence-electron chi connectivity index (χ4n) is 2.76. The van der Waals surface area contributed by atoms with Crippen LogP contribution >= 0.6 is 11.3 Å². The molecule has 0 aromatic carbocycles. The predicted molar refractivity (Wildman–Crippen MR) is 78.4 cm³/mol. The Balaban J connectivity index is 1.79. The van der Waals surface area contributed by atoms with Gasteiger partial charge in [0.25, 0.3) is 4.96 Å². The molecular weight excluding hydrogens is 278 g/mol. The summed E-state index contributed by atoms with van der Waals surface area (Å²) in [5.41, 5.74) is 0. The molecule has 0 saturated heterocycles. The highest BCUT2D eigenvalue weighted by Crippen LogP contribution is 2.30. The fraction of sp³-hybridized carbons (Fsp3) is 0.583. The van der Waals surface area contributed by atoms with Gasteiger partial charge >= 0.3 is 5.82 Å². The highest BCUT2D eigenvalue weighted by molar-refractivity contribution is 7.15. The van der Waals surface area contributed by atoms with Gasteiger partial charge in [0.2, 0.25) is 5.82 Å². The SMILES string of the molecule is CNC1CCC(Nc2nc3sccn3c2[N+](=O)[O-])CC1. The number of nitrogens with zero attached hydrogens (tertiary/aromatic N) is 3. The first-order chi connectivity index (χ1) is 9.69. The van der Waals surface area contributed by atoms with Gasteiger partial charge in [-0.25, -0.2) is 0 Å². The molecule has 20 heavy (non-hydrogen) atoms. The number of nitrogens with one attached hydrogen (secondary N) is 2. The van der Waals surface area contributed by atoms with E-state index < -0.39 is 0 Å². The van der Waals surface area contributed by atoms with Crippen LogP contribution in [0.5, 0.6) is 0 Å². The molecule has 2 N–H and O–H groups in total. The summed E-state index contributed by atoms with van der Waals surface area (Å²) in [6.07, 6.45) is 5.88. The minimum Gasteiger partial charge on any atom is -0.360 e. The highest BCUT2D eigenvalue weighted by Gasteiger charge is 2.27. The van der Waals surface area contributed by atoms with E-state index in [4.69, 9.17) is 0 Å². The maximum Gasteiger partial charge on any atom is 0.372 e. The summed E-state index contributed by atoms with van der Waals surface area (Å²) in [7, 11) is 1.98. The maximum absolute atomic E-state index is 11.2. The summed E-state index contributed by atoms with van der Waals surface area (Å²) in [5, 5.41) is 19.6. The molecule has 7 nitrogen and oxygen atoms in total. The van der Waals surface area contributed by atoms with Gasteiger partial charge in [-0.15, -0.1) is 0 Å². The molecule has 0 atom stereocenters. The van der Waals surface area contributed by atoms with E-state index in [-0.39, 0.29) is 16.8 Å². The minimum absolute atomic E-state index is 0.0389. The molecule has 108 valence electrons. The average molecular weight is 295 g/mol. The van der Waals surface area contributed by atoms with Crippen molar-refractivity contribution >= 4 is 27.9 Å². The number of hydrogen-bond acceptors (Lipinski definition) is 6. The number of fused-ring (bicyclic) bond motifs is 1. The van der Waals surface area contributed by atoms with Gasteiger partial charge in [0.15, 0.2) is 0 Å². The van der Waals surface area contributed by atoms with Crippen molar-refractivity contribution in [2.45, 2.75) is 37.8 Å². The van der Waals surface area contributed by atoms with E-state index in [0.717, 1.165) is 25.7 Å². The van der Waals surface area contributed by atoms with Crippen molar-refractivity contribution in [3.8, 4) is 0 Å². The largest absolute Gasteiger partial charge is 0.372 e. The molecule has 2 aromatic heterocycles. The number of thiazole rings is 1. The smallest absolute Gasteiger partial charge is 0.360 e. The van der Waals surface area contributed by atoms with E-state index in [2.05, 4.69) is 15.6 Å². The van der Waals surface area contributed by atoms with Gasteiger partial charge in [0, 0.05) is 17.5 Å². The second-order valence-corrected chi connectivity index (χ2v) is 5.95.